The zero-order chi connectivity index (χ0) is 15.8. The Morgan fingerprint density at radius 3 is 2.29 bits per heavy atom. The Morgan fingerprint density at radius 1 is 1.24 bits per heavy atom. The minimum absolute atomic E-state index is 0.0334. The second-order valence-corrected chi connectivity index (χ2v) is 6.96. The van der Waals surface area contributed by atoms with Crippen molar-refractivity contribution in [1.82, 2.24) is 4.90 Å². The van der Waals surface area contributed by atoms with Crippen molar-refractivity contribution in [2.75, 3.05) is 18.5 Å². The lowest BCUT2D eigenvalue weighted by Gasteiger charge is -2.47. The first kappa shape index (κ1) is 15.8. The zero-order valence-electron chi connectivity index (χ0n) is 13.5. The van der Waals surface area contributed by atoms with E-state index in [0.29, 0.717) is 18.7 Å². The lowest BCUT2D eigenvalue weighted by Crippen LogP contribution is -2.58. The van der Waals surface area contributed by atoms with Crippen LogP contribution in [0.2, 0.25) is 0 Å². The van der Waals surface area contributed by atoms with Gasteiger partial charge in [-0.2, -0.15) is 0 Å². The molecule has 0 spiro atoms. The molecule has 1 amide bonds. The summed E-state index contributed by atoms with van der Waals surface area (Å²) in [5, 5.41) is 0. The van der Waals surface area contributed by atoms with Gasteiger partial charge >= 0.3 is 0 Å². The standard InChI is InChI=1S/C16H25N3O2/c1-11-8-12(6-7-13(11)18-17)14(20)19-9-15(2,3)21-16(4,5)10-19/h6-8,18H,9-10,17H2,1-5H3. The number of carbonyl (C=O) groups is 1. The van der Waals surface area contributed by atoms with Gasteiger partial charge < -0.3 is 15.1 Å². The smallest absolute Gasteiger partial charge is 0.254 e. The third-order valence-electron chi connectivity index (χ3n) is 3.61. The molecular weight excluding hydrogens is 266 g/mol. The maximum Gasteiger partial charge on any atom is 0.254 e. The molecule has 0 aromatic heterocycles. The molecule has 5 heteroatoms. The number of aryl methyl sites for hydroxylation is 1. The van der Waals surface area contributed by atoms with E-state index in [-0.39, 0.29) is 17.1 Å². The molecule has 1 aliphatic rings. The van der Waals surface area contributed by atoms with Gasteiger partial charge in [-0.3, -0.25) is 10.6 Å². The molecule has 21 heavy (non-hydrogen) atoms. The van der Waals surface area contributed by atoms with E-state index in [1.165, 1.54) is 0 Å². The number of benzene rings is 1. The van der Waals surface area contributed by atoms with Gasteiger partial charge in [0.15, 0.2) is 0 Å². The van der Waals surface area contributed by atoms with Crippen LogP contribution in [0.3, 0.4) is 0 Å². The molecule has 1 aromatic carbocycles. The topological polar surface area (TPSA) is 67.6 Å². The summed E-state index contributed by atoms with van der Waals surface area (Å²) >= 11 is 0. The number of nitrogens with one attached hydrogen (secondary N) is 1. The van der Waals surface area contributed by atoms with Crippen molar-refractivity contribution in [3.63, 3.8) is 0 Å². The number of hydrazine groups is 1. The number of nitrogen functional groups attached to an aromatic ring is 1. The predicted octanol–water partition coefficient (Wildman–Crippen LogP) is 2.31. The molecule has 1 heterocycles. The van der Waals surface area contributed by atoms with Gasteiger partial charge in [-0.15, -0.1) is 0 Å². The number of morpholine rings is 1. The first-order valence-electron chi connectivity index (χ1n) is 7.20. The average molecular weight is 291 g/mol. The van der Waals surface area contributed by atoms with E-state index in [2.05, 4.69) is 5.43 Å². The fraction of sp³-hybridized carbons (Fsp3) is 0.562. The molecule has 1 aliphatic heterocycles. The minimum atomic E-state index is -0.342. The summed E-state index contributed by atoms with van der Waals surface area (Å²) in [6.45, 7) is 11.2. The van der Waals surface area contributed by atoms with E-state index in [9.17, 15) is 4.79 Å². The van der Waals surface area contributed by atoms with E-state index in [4.69, 9.17) is 10.6 Å². The third kappa shape index (κ3) is 3.54. The Morgan fingerprint density at radius 2 is 1.81 bits per heavy atom. The second kappa shape index (κ2) is 5.31. The number of ether oxygens (including phenoxy) is 1. The van der Waals surface area contributed by atoms with Crippen LogP contribution in [0.5, 0.6) is 0 Å². The highest BCUT2D eigenvalue weighted by molar-refractivity contribution is 5.95. The average Bonchev–Trinajstić information content (AvgIpc) is 2.34. The molecule has 1 fully saturated rings. The fourth-order valence-corrected chi connectivity index (χ4v) is 3.07. The number of hydrogen-bond acceptors (Lipinski definition) is 4. The lowest BCUT2D eigenvalue weighted by atomic mass is 9.98. The molecule has 116 valence electrons. The lowest BCUT2D eigenvalue weighted by molar-refractivity contribution is -0.171. The van der Waals surface area contributed by atoms with Gasteiger partial charge in [0.25, 0.3) is 5.91 Å². The summed E-state index contributed by atoms with van der Waals surface area (Å²) in [7, 11) is 0. The Balaban J connectivity index is 2.25. The molecule has 1 saturated heterocycles. The van der Waals surface area contributed by atoms with Crippen LogP contribution < -0.4 is 11.3 Å². The summed E-state index contributed by atoms with van der Waals surface area (Å²) in [5.74, 6) is 5.46. The van der Waals surface area contributed by atoms with E-state index >= 15 is 0 Å². The minimum Gasteiger partial charge on any atom is -0.366 e. The highest BCUT2D eigenvalue weighted by Gasteiger charge is 2.40. The molecule has 5 nitrogen and oxygen atoms in total. The molecule has 0 saturated carbocycles. The van der Waals surface area contributed by atoms with Crippen LogP contribution in [0.15, 0.2) is 18.2 Å². The van der Waals surface area contributed by atoms with Gasteiger partial charge in [0.1, 0.15) is 0 Å². The second-order valence-electron chi connectivity index (χ2n) is 6.96. The summed E-state index contributed by atoms with van der Waals surface area (Å²) in [5.41, 5.74) is 4.40. The summed E-state index contributed by atoms with van der Waals surface area (Å²) in [6, 6.07) is 5.51. The molecular formula is C16H25N3O2. The Bertz CT molecular complexity index is 536. The molecule has 0 atom stereocenters. The molecule has 1 aromatic rings. The van der Waals surface area contributed by atoms with Gasteiger partial charge in [0.05, 0.1) is 16.9 Å². The van der Waals surface area contributed by atoms with Crippen molar-refractivity contribution in [2.24, 2.45) is 5.84 Å². The zero-order valence-corrected chi connectivity index (χ0v) is 13.5. The first-order valence-corrected chi connectivity index (χ1v) is 7.20. The van der Waals surface area contributed by atoms with Gasteiger partial charge in [0.2, 0.25) is 0 Å². The molecule has 0 aliphatic carbocycles. The summed E-state index contributed by atoms with van der Waals surface area (Å²) in [4.78, 5) is 14.6. The highest BCUT2D eigenvalue weighted by atomic mass is 16.5. The molecule has 0 unspecified atom stereocenters. The quantitative estimate of drug-likeness (QED) is 0.648. The number of rotatable bonds is 2. The predicted molar refractivity (Wildman–Crippen MR) is 84.1 cm³/mol. The molecule has 0 radical (unpaired) electrons. The largest absolute Gasteiger partial charge is 0.366 e. The maximum atomic E-state index is 12.7. The van der Waals surface area contributed by atoms with Gasteiger partial charge in [-0.1, -0.05) is 0 Å². The van der Waals surface area contributed by atoms with Crippen LogP contribution >= 0.6 is 0 Å². The maximum absolute atomic E-state index is 12.7. The number of amides is 1. The van der Waals surface area contributed by atoms with Crippen LogP contribution in [-0.2, 0) is 4.74 Å². The molecule has 2 rings (SSSR count). The molecule has 0 bridgehead atoms. The Hall–Kier alpha value is -1.59. The van der Waals surface area contributed by atoms with Crippen molar-refractivity contribution in [1.29, 1.82) is 0 Å². The van der Waals surface area contributed by atoms with Crippen molar-refractivity contribution in [3.8, 4) is 0 Å². The highest BCUT2D eigenvalue weighted by Crippen LogP contribution is 2.29. The van der Waals surface area contributed by atoms with Crippen molar-refractivity contribution < 1.29 is 9.53 Å². The normalized spacial score (nSPS) is 20.2. The van der Waals surface area contributed by atoms with Gasteiger partial charge in [-0.05, 0) is 58.4 Å². The number of anilines is 1. The SMILES string of the molecule is Cc1cc(C(=O)N2CC(C)(C)OC(C)(C)C2)ccc1NN. The summed E-state index contributed by atoms with van der Waals surface area (Å²) in [6.07, 6.45) is 0. The Labute approximate surface area is 126 Å². The third-order valence-corrected chi connectivity index (χ3v) is 3.61. The van der Waals surface area contributed by atoms with Crippen LogP contribution in [0.25, 0.3) is 0 Å². The monoisotopic (exact) mass is 291 g/mol. The van der Waals surface area contributed by atoms with Crippen LogP contribution in [0.1, 0.15) is 43.6 Å². The van der Waals surface area contributed by atoms with E-state index in [0.717, 1.165) is 11.3 Å². The number of nitrogens with two attached hydrogens (primary N) is 1. The van der Waals surface area contributed by atoms with E-state index in [1.807, 2.05) is 51.7 Å². The van der Waals surface area contributed by atoms with Crippen molar-refractivity contribution in [3.05, 3.63) is 29.3 Å². The van der Waals surface area contributed by atoms with E-state index in [1.54, 1.807) is 6.07 Å². The van der Waals surface area contributed by atoms with Crippen LogP contribution in [-0.4, -0.2) is 35.1 Å². The number of nitrogens with zero attached hydrogens (tertiary/aromatic N) is 1. The van der Waals surface area contributed by atoms with Crippen molar-refractivity contribution in [2.45, 2.75) is 45.8 Å². The molecule has 3 N–H and O–H groups in total. The first-order chi connectivity index (χ1) is 9.63. The fourth-order valence-electron chi connectivity index (χ4n) is 3.07. The van der Waals surface area contributed by atoms with Crippen molar-refractivity contribution >= 4 is 11.6 Å². The number of hydrogen-bond donors (Lipinski definition) is 2. The van der Waals surface area contributed by atoms with Gasteiger partial charge in [0, 0.05) is 18.7 Å². The number of carbonyl (C=O) groups excluding carboxylic acids is 1. The van der Waals surface area contributed by atoms with Crippen LogP contribution in [0.4, 0.5) is 5.69 Å². The Kier molecular flexibility index (Phi) is 4.00. The van der Waals surface area contributed by atoms with Gasteiger partial charge in [-0.25, -0.2) is 0 Å². The van der Waals surface area contributed by atoms with Crippen LogP contribution in [0, 0.1) is 6.92 Å². The van der Waals surface area contributed by atoms with E-state index < -0.39 is 0 Å². The summed E-state index contributed by atoms with van der Waals surface area (Å²) < 4.78 is 6.02.